The lowest BCUT2D eigenvalue weighted by atomic mass is 10.0. The summed E-state index contributed by atoms with van der Waals surface area (Å²) in [6.45, 7) is 0. The molecule has 0 saturated carbocycles. The molecule has 3 aromatic carbocycles. The standard InChI is InChI=1S/C22H17N3O2S2/c26-25(27)16-10-12-17(13-11-16)29-20-14-28-22-23-18-8-4-5-9-19(18)24(22)21(20)15-6-2-1-3-7-15/h1-13,20-21H,14H2/t20-,21-/m0/s1. The number of nitro groups is 1. The molecule has 0 bridgehead atoms. The van der Waals surface area contributed by atoms with Gasteiger partial charge in [-0.15, -0.1) is 11.8 Å². The molecular weight excluding hydrogens is 402 g/mol. The van der Waals surface area contributed by atoms with Gasteiger partial charge < -0.3 is 4.57 Å². The van der Waals surface area contributed by atoms with Crippen LogP contribution in [0.4, 0.5) is 5.69 Å². The first-order chi connectivity index (χ1) is 14.2. The van der Waals surface area contributed by atoms with Crippen LogP contribution in [0.1, 0.15) is 11.6 Å². The van der Waals surface area contributed by atoms with Gasteiger partial charge in [0.2, 0.25) is 0 Å². The molecule has 0 spiro atoms. The van der Waals surface area contributed by atoms with Crippen LogP contribution < -0.4 is 0 Å². The molecule has 1 aliphatic rings. The Morgan fingerprint density at radius 1 is 1.00 bits per heavy atom. The number of hydrogen-bond donors (Lipinski definition) is 0. The van der Waals surface area contributed by atoms with Crippen molar-refractivity contribution in [2.75, 3.05) is 5.75 Å². The number of nitrogens with zero attached hydrogens (tertiary/aromatic N) is 3. The molecule has 144 valence electrons. The van der Waals surface area contributed by atoms with E-state index < -0.39 is 0 Å². The molecule has 0 N–H and O–H groups in total. The van der Waals surface area contributed by atoms with E-state index in [9.17, 15) is 10.1 Å². The predicted octanol–water partition coefficient (Wildman–Crippen LogP) is 5.80. The van der Waals surface area contributed by atoms with Crippen molar-refractivity contribution < 1.29 is 4.92 Å². The number of imidazole rings is 1. The summed E-state index contributed by atoms with van der Waals surface area (Å²) in [5.74, 6) is 0.921. The van der Waals surface area contributed by atoms with Crippen molar-refractivity contribution in [3.8, 4) is 0 Å². The average molecular weight is 420 g/mol. The highest BCUT2D eigenvalue weighted by atomic mass is 32.2. The fraction of sp³-hybridized carbons (Fsp3) is 0.136. The summed E-state index contributed by atoms with van der Waals surface area (Å²) in [4.78, 5) is 16.5. The summed E-state index contributed by atoms with van der Waals surface area (Å²) in [5, 5.41) is 12.3. The van der Waals surface area contributed by atoms with Crippen molar-refractivity contribution in [1.82, 2.24) is 9.55 Å². The third-order valence-electron chi connectivity index (χ3n) is 5.05. The molecule has 0 unspecified atom stereocenters. The fourth-order valence-corrected chi connectivity index (χ4v) is 6.28. The Balaban J connectivity index is 1.57. The molecule has 7 heteroatoms. The van der Waals surface area contributed by atoms with Crippen LogP contribution in [0.5, 0.6) is 0 Å². The van der Waals surface area contributed by atoms with Crippen LogP contribution in [0.3, 0.4) is 0 Å². The summed E-state index contributed by atoms with van der Waals surface area (Å²) in [5.41, 5.74) is 3.52. The van der Waals surface area contributed by atoms with Crippen molar-refractivity contribution in [2.24, 2.45) is 0 Å². The number of fused-ring (bicyclic) bond motifs is 3. The van der Waals surface area contributed by atoms with E-state index in [1.807, 2.05) is 24.3 Å². The van der Waals surface area contributed by atoms with Gasteiger partial charge in [0.15, 0.2) is 5.16 Å². The second-order valence-corrected chi connectivity index (χ2v) is 9.13. The number of para-hydroxylation sites is 2. The van der Waals surface area contributed by atoms with Gasteiger partial charge in [-0.25, -0.2) is 4.98 Å². The molecule has 2 atom stereocenters. The van der Waals surface area contributed by atoms with E-state index in [2.05, 4.69) is 47.0 Å². The Hall–Kier alpha value is -2.77. The normalized spacial score (nSPS) is 18.5. The van der Waals surface area contributed by atoms with Gasteiger partial charge in [0, 0.05) is 28.0 Å². The van der Waals surface area contributed by atoms with E-state index in [0.29, 0.717) is 0 Å². The number of hydrogen-bond acceptors (Lipinski definition) is 5. The molecule has 1 aromatic heterocycles. The van der Waals surface area contributed by atoms with Crippen molar-refractivity contribution in [1.29, 1.82) is 0 Å². The Bertz CT molecular complexity index is 1180. The number of rotatable bonds is 4. The van der Waals surface area contributed by atoms with Gasteiger partial charge in [0.05, 0.1) is 22.0 Å². The quantitative estimate of drug-likeness (QED) is 0.309. The minimum Gasteiger partial charge on any atom is -0.310 e. The second-order valence-electron chi connectivity index (χ2n) is 6.83. The van der Waals surface area contributed by atoms with E-state index in [1.165, 1.54) is 5.56 Å². The molecule has 29 heavy (non-hydrogen) atoms. The van der Waals surface area contributed by atoms with Gasteiger partial charge in [0.1, 0.15) is 0 Å². The summed E-state index contributed by atoms with van der Waals surface area (Å²) in [6, 6.07) is 25.8. The van der Waals surface area contributed by atoms with Crippen LogP contribution in [-0.2, 0) is 0 Å². The maximum atomic E-state index is 11.0. The smallest absolute Gasteiger partial charge is 0.269 e. The highest BCUT2D eigenvalue weighted by Crippen LogP contribution is 2.45. The van der Waals surface area contributed by atoms with Crippen LogP contribution in [0.15, 0.2) is 88.9 Å². The third kappa shape index (κ3) is 3.41. The van der Waals surface area contributed by atoms with Crippen LogP contribution in [0, 0.1) is 10.1 Å². The van der Waals surface area contributed by atoms with E-state index >= 15 is 0 Å². The van der Waals surface area contributed by atoms with Crippen molar-refractivity contribution >= 4 is 40.2 Å². The highest BCUT2D eigenvalue weighted by Gasteiger charge is 2.34. The first kappa shape index (κ1) is 18.3. The van der Waals surface area contributed by atoms with Gasteiger partial charge in [-0.2, -0.15) is 0 Å². The summed E-state index contributed by atoms with van der Waals surface area (Å²) in [6.07, 6.45) is 0. The predicted molar refractivity (Wildman–Crippen MR) is 118 cm³/mol. The Kier molecular flexibility index (Phi) is 4.77. The zero-order chi connectivity index (χ0) is 19.8. The maximum absolute atomic E-state index is 11.0. The van der Waals surface area contributed by atoms with Crippen molar-refractivity contribution in [2.45, 2.75) is 21.3 Å². The number of non-ortho nitro benzene ring substituents is 1. The van der Waals surface area contributed by atoms with Gasteiger partial charge >= 0.3 is 0 Å². The van der Waals surface area contributed by atoms with Crippen LogP contribution >= 0.6 is 23.5 Å². The number of thioether (sulfide) groups is 2. The van der Waals surface area contributed by atoms with Gasteiger partial charge in [-0.1, -0.05) is 54.2 Å². The summed E-state index contributed by atoms with van der Waals surface area (Å²) < 4.78 is 2.35. The summed E-state index contributed by atoms with van der Waals surface area (Å²) in [7, 11) is 0. The lowest BCUT2D eigenvalue weighted by Gasteiger charge is -2.33. The number of nitro benzene ring substituents is 1. The van der Waals surface area contributed by atoms with Crippen molar-refractivity contribution in [3.63, 3.8) is 0 Å². The molecule has 0 amide bonds. The first-order valence-corrected chi connectivity index (χ1v) is 11.1. The maximum Gasteiger partial charge on any atom is 0.269 e. The third-order valence-corrected chi connectivity index (χ3v) is 7.60. The van der Waals surface area contributed by atoms with Gasteiger partial charge in [0.25, 0.3) is 5.69 Å². The molecular formula is C22H17N3O2S2. The van der Waals surface area contributed by atoms with E-state index in [1.54, 1.807) is 35.7 Å². The highest BCUT2D eigenvalue weighted by molar-refractivity contribution is 8.03. The fourth-order valence-electron chi connectivity index (χ4n) is 3.74. The SMILES string of the molecule is O=[N+]([O-])c1ccc(S[C@H]2CSc3nc4ccccc4n3[C@H]2c2ccccc2)cc1. The monoisotopic (exact) mass is 419 g/mol. The number of aromatic nitrogens is 2. The molecule has 0 saturated heterocycles. The minimum atomic E-state index is -0.360. The second kappa shape index (κ2) is 7.57. The minimum absolute atomic E-state index is 0.120. The molecule has 4 aromatic rings. The van der Waals surface area contributed by atoms with E-state index in [0.717, 1.165) is 26.8 Å². The number of benzene rings is 3. The molecule has 5 rings (SSSR count). The summed E-state index contributed by atoms with van der Waals surface area (Å²) >= 11 is 3.54. The average Bonchev–Trinajstić information content (AvgIpc) is 3.13. The Morgan fingerprint density at radius 3 is 2.48 bits per heavy atom. The Morgan fingerprint density at radius 2 is 1.72 bits per heavy atom. The topological polar surface area (TPSA) is 61.0 Å². The molecule has 1 aliphatic heterocycles. The van der Waals surface area contributed by atoms with Gasteiger partial charge in [-0.3, -0.25) is 10.1 Å². The molecule has 0 aliphatic carbocycles. The zero-order valence-corrected chi connectivity index (χ0v) is 17.0. The molecule has 0 fully saturated rings. The lowest BCUT2D eigenvalue weighted by Crippen LogP contribution is -2.29. The first-order valence-electron chi connectivity index (χ1n) is 9.26. The lowest BCUT2D eigenvalue weighted by molar-refractivity contribution is -0.384. The van der Waals surface area contributed by atoms with Crippen molar-refractivity contribution in [3.05, 3.63) is 94.5 Å². The molecule has 2 heterocycles. The Labute approximate surface area is 176 Å². The molecule has 5 nitrogen and oxygen atoms in total. The van der Waals surface area contributed by atoms with Crippen LogP contribution in [0.25, 0.3) is 11.0 Å². The van der Waals surface area contributed by atoms with Crippen LogP contribution in [0.2, 0.25) is 0 Å². The molecule has 0 radical (unpaired) electrons. The van der Waals surface area contributed by atoms with E-state index in [4.69, 9.17) is 4.98 Å². The van der Waals surface area contributed by atoms with E-state index in [-0.39, 0.29) is 21.9 Å². The largest absolute Gasteiger partial charge is 0.310 e. The zero-order valence-electron chi connectivity index (χ0n) is 15.3. The van der Waals surface area contributed by atoms with Crippen LogP contribution in [-0.4, -0.2) is 25.5 Å². The van der Waals surface area contributed by atoms with Gasteiger partial charge in [-0.05, 0) is 29.8 Å².